The summed E-state index contributed by atoms with van der Waals surface area (Å²) in [5, 5.41) is 0. The summed E-state index contributed by atoms with van der Waals surface area (Å²) in [6.45, 7) is 0. The van der Waals surface area contributed by atoms with E-state index in [4.69, 9.17) is 5.73 Å². The van der Waals surface area contributed by atoms with E-state index in [0.29, 0.717) is 19.9 Å². The van der Waals surface area contributed by atoms with Crippen LogP contribution < -0.4 is 5.73 Å². The monoisotopic (exact) mass is 201 g/mol. The van der Waals surface area contributed by atoms with Crippen molar-refractivity contribution in [1.82, 2.24) is 0 Å². The molecule has 2 atom stereocenters. The van der Waals surface area contributed by atoms with Crippen molar-refractivity contribution < 1.29 is 0 Å². The Hall–Kier alpha value is -0.0405. The molecule has 2 N–H and O–H groups in total. The number of hydrogen-bond acceptors (Lipinski definition) is 1. The molecule has 0 amide bonds. The first-order valence-electron chi connectivity index (χ1n) is 3.65. The van der Waals surface area contributed by atoms with Gasteiger partial charge in [-0.1, -0.05) is 0 Å². The van der Waals surface area contributed by atoms with Crippen LogP contribution in [0.4, 0.5) is 0 Å². The molecule has 2 aliphatic rings. The Balaban J connectivity index is 2.18. The molecule has 54 valence electrons. The Kier molecular flexibility index (Phi) is 1.69. The molecule has 1 aliphatic heterocycles. The Morgan fingerprint density at radius 2 is 2.50 bits per heavy atom. The number of allylic oxidation sites excluding steroid dienone is 4. The van der Waals surface area contributed by atoms with E-state index in [0.717, 1.165) is 5.92 Å². The second-order valence-corrected chi connectivity index (χ2v) is 5.58. The molecule has 0 aromatic carbocycles. The summed E-state index contributed by atoms with van der Waals surface area (Å²) in [4.78, 5) is 0.503. The molecule has 1 aliphatic carbocycles. The van der Waals surface area contributed by atoms with Crippen LogP contribution in [0.1, 0.15) is 12.8 Å². The Morgan fingerprint density at radius 1 is 1.60 bits per heavy atom. The molecule has 1 nitrogen and oxygen atoms in total. The van der Waals surface area contributed by atoms with Gasteiger partial charge in [0.25, 0.3) is 0 Å². The van der Waals surface area contributed by atoms with Gasteiger partial charge in [-0.2, -0.15) is 0 Å². The van der Waals surface area contributed by atoms with Gasteiger partial charge < -0.3 is 0 Å². The van der Waals surface area contributed by atoms with Gasteiger partial charge >= 0.3 is 67.1 Å². The van der Waals surface area contributed by atoms with Crippen molar-refractivity contribution >= 4 is 15.0 Å². The van der Waals surface area contributed by atoms with Crippen molar-refractivity contribution in [2.45, 2.75) is 17.8 Å². The average molecular weight is 200 g/mol. The predicted molar refractivity (Wildman–Crippen MR) is 43.7 cm³/mol. The number of rotatable bonds is 0. The minimum atomic E-state index is 0.503. The first-order valence-corrected chi connectivity index (χ1v) is 5.50. The number of hydrogen-bond donors (Lipinski definition) is 1. The Bertz CT molecular complexity index is 195. The molecule has 1 heterocycles. The molecule has 1 fully saturated rings. The number of nitrogens with two attached hydrogens (primary N) is 1. The molecule has 2 unspecified atom stereocenters. The molecule has 0 aromatic heterocycles. The third-order valence-corrected chi connectivity index (χ3v) is 4.62. The van der Waals surface area contributed by atoms with Gasteiger partial charge in [-0.15, -0.1) is 0 Å². The van der Waals surface area contributed by atoms with Gasteiger partial charge in [-0.05, 0) is 0 Å². The molecule has 2 rings (SSSR count). The third-order valence-electron chi connectivity index (χ3n) is 2.02. The van der Waals surface area contributed by atoms with E-state index in [1.165, 1.54) is 12.8 Å². The van der Waals surface area contributed by atoms with Gasteiger partial charge in [0, 0.05) is 0 Å². The average Bonchev–Trinajstić information content (AvgIpc) is 2.27. The van der Waals surface area contributed by atoms with Crippen LogP contribution in [-0.4, -0.2) is 19.9 Å². The second kappa shape index (κ2) is 2.54. The fourth-order valence-corrected chi connectivity index (χ4v) is 4.07. The maximum absolute atomic E-state index is 5.85. The van der Waals surface area contributed by atoms with Crippen LogP contribution in [-0.2, 0) is 0 Å². The van der Waals surface area contributed by atoms with Gasteiger partial charge in [0.1, 0.15) is 0 Å². The van der Waals surface area contributed by atoms with Crippen molar-refractivity contribution in [3.63, 3.8) is 0 Å². The van der Waals surface area contributed by atoms with Gasteiger partial charge in [-0.25, -0.2) is 0 Å². The Labute approximate surface area is 67.5 Å². The third kappa shape index (κ3) is 1.07. The first kappa shape index (κ1) is 6.66. The zero-order valence-corrected chi connectivity index (χ0v) is 7.50. The quantitative estimate of drug-likeness (QED) is 0.576. The van der Waals surface area contributed by atoms with E-state index < -0.39 is 0 Å². The molecule has 0 saturated carbocycles. The fraction of sp³-hybridized carbons (Fsp3) is 0.500. The van der Waals surface area contributed by atoms with Gasteiger partial charge in [0.2, 0.25) is 0 Å². The van der Waals surface area contributed by atoms with E-state index in [-0.39, 0.29) is 0 Å². The molecule has 1 saturated heterocycles. The summed E-state index contributed by atoms with van der Waals surface area (Å²) in [5.41, 5.74) is 5.85. The van der Waals surface area contributed by atoms with Gasteiger partial charge in [0.15, 0.2) is 0 Å². The maximum atomic E-state index is 5.85. The Morgan fingerprint density at radius 3 is 3.30 bits per heavy atom. The molecular weight excluding hydrogens is 189 g/mol. The van der Waals surface area contributed by atoms with Crippen LogP contribution in [0.25, 0.3) is 0 Å². The SMILES string of the molecule is NC1CC2CC=CC=C2[Se]1. The molecule has 0 bridgehead atoms. The second-order valence-electron chi connectivity index (χ2n) is 2.82. The molecule has 10 heavy (non-hydrogen) atoms. The van der Waals surface area contributed by atoms with Crippen molar-refractivity contribution in [2.24, 2.45) is 11.7 Å². The van der Waals surface area contributed by atoms with Crippen molar-refractivity contribution in [3.8, 4) is 0 Å². The minimum absolute atomic E-state index is 0.503. The molecule has 2 heteroatoms. The van der Waals surface area contributed by atoms with E-state index in [9.17, 15) is 0 Å². The van der Waals surface area contributed by atoms with Crippen LogP contribution in [0.5, 0.6) is 0 Å². The topological polar surface area (TPSA) is 26.0 Å². The molecule has 0 spiro atoms. The van der Waals surface area contributed by atoms with Gasteiger partial charge in [0.05, 0.1) is 0 Å². The number of fused-ring (bicyclic) bond motifs is 1. The summed E-state index contributed by atoms with van der Waals surface area (Å²) in [7, 11) is 0. The van der Waals surface area contributed by atoms with E-state index in [1.807, 2.05) is 0 Å². The normalized spacial score (nSPS) is 37.5. The first-order chi connectivity index (χ1) is 4.86. The van der Waals surface area contributed by atoms with E-state index in [2.05, 4.69) is 18.2 Å². The van der Waals surface area contributed by atoms with Crippen LogP contribution >= 0.6 is 0 Å². The summed E-state index contributed by atoms with van der Waals surface area (Å²) >= 11 is 0.607. The van der Waals surface area contributed by atoms with Crippen molar-refractivity contribution in [1.29, 1.82) is 0 Å². The zero-order chi connectivity index (χ0) is 6.97. The molecule has 0 aromatic rings. The zero-order valence-electron chi connectivity index (χ0n) is 5.79. The van der Waals surface area contributed by atoms with Crippen LogP contribution in [0.3, 0.4) is 0 Å². The predicted octanol–water partition coefficient (Wildman–Crippen LogP) is 0.839. The summed E-state index contributed by atoms with van der Waals surface area (Å²) < 4.78 is 1.64. The summed E-state index contributed by atoms with van der Waals surface area (Å²) in [5.74, 6) is 0.819. The van der Waals surface area contributed by atoms with E-state index in [1.54, 1.807) is 4.47 Å². The van der Waals surface area contributed by atoms with Crippen LogP contribution in [0.15, 0.2) is 22.7 Å². The van der Waals surface area contributed by atoms with Crippen LogP contribution in [0.2, 0.25) is 0 Å². The standard InChI is InChI=1S/C8H11NSe/c9-8-5-6-3-1-2-4-7(6)10-8/h1-2,4,6,8H,3,5,9H2. The van der Waals surface area contributed by atoms with Crippen LogP contribution in [0, 0.1) is 5.92 Å². The molecular formula is C8H11NSe. The van der Waals surface area contributed by atoms with E-state index >= 15 is 0 Å². The molecule has 0 radical (unpaired) electrons. The van der Waals surface area contributed by atoms with Crippen molar-refractivity contribution in [3.05, 3.63) is 22.7 Å². The van der Waals surface area contributed by atoms with Crippen molar-refractivity contribution in [2.75, 3.05) is 0 Å². The van der Waals surface area contributed by atoms with Gasteiger partial charge in [-0.3, -0.25) is 0 Å². The summed E-state index contributed by atoms with van der Waals surface area (Å²) in [6.07, 6.45) is 9.16. The summed E-state index contributed by atoms with van der Waals surface area (Å²) in [6, 6.07) is 0. The fourth-order valence-electron chi connectivity index (χ4n) is 1.51.